The summed E-state index contributed by atoms with van der Waals surface area (Å²) >= 11 is 0. The summed E-state index contributed by atoms with van der Waals surface area (Å²) in [7, 11) is 1.53. The third-order valence-corrected chi connectivity index (χ3v) is 6.39. The van der Waals surface area contributed by atoms with Crippen LogP contribution in [0.4, 0.5) is 4.39 Å². The van der Waals surface area contributed by atoms with Gasteiger partial charge < -0.3 is 14.7 Å². The highest BCUT2D eigenvalue weighted by atomic mass is 19.1. The number of methoxy groups -OCH3 is 1. The average molecular weight is 383 g/mol. The lowest BCUT2D eigenvalue weighted by Crippen LogP contribution is -2.59. The van der Waals surface area contributed by atoms with Gasteiger partial charge in [0.1, 0.15) is 11.6 Å². The standard InChI is InChI=1S/C23H26FNO3/c1-28-21-12-11-17(24)15-19(21)23(27)13-14-25(20-10-6-5-9-18(20)23)22(26)16-7-3-2-4-8-16/h2-4,7-8,11-12,15,18,20,27H,5-6,9-10,13-14H2,1H3/t18-,20-,23?/m0/s1. The Hall–Kier alpha value is -2.40. The van der Waals surface area contributed by atoms with E-state index in [9.17, 15) is 14.3 Å². The molecule has 1 heterocycles. The van der Waals surface area contributed by atoms with Crippen molar-refractivity contribution in [1.29, 1.82) is 0 Å². The van der Waals surface area contributed by atoms with E-state index in [2.05, 4.69) is 0 Å². The highest BCUT2D eigenvalue weighted by molar-refractivity contribution is 5.94. The van der Waals surface area contributed by atoms with Crippen molar-refractivity contribution in [2.24, 2.45) is 5.92 Å². The second-order valence-electron chi connectivity index (χ2n) is 7.84. The predicted molar refractivity (Wildman–Crippen MR) is 105 cm³/mol. The number of carbonyl (C=O) groups excluding carboxylic acids is 1. The first-order chi connectivity index (χ1) is 13.5. The lowest BCUT2D eigenvalue weighted by atomic mass is 9.66. The molecule has 148 valence electrons. The maximum atomic E-state index is 14.0. The van der Waals surface area contributed by atoms with E-state index >= 15 is 0 Å². The Morgan fingerprint density at radius 2 is 1.93 bits per heavy atom. The quantitative estimate of drug-likeness (QED) is 0.867. The monoisotopic (exact) mass is 383 g/mol. The van der Waals surface area contributed by atoms with Crippen LogP contribution in [0, 0.1) is 11.7 Å². The number of fused-ring (bicyclic) bond motifs is 1. The molecule has 1 aliphatic heterocycles. The number of carbonyl (C=O) groups is 1. The highest BCUT2D eigenvalue weighted by Gasteiger charge is 2.51. The molecule has 1 aliphatic carbocycles. The van der Waals surface area contributed by atoms with Crippen LogP contribution >= 0.6 is 0 Å². The third kappa shape index (κ3) is 3.18. The first-order valence-corrected chi connectivity index (χ1v) is 9.97. The van der Waals surface area contributed by atoms with Crippen molar-refractivity contribution in [1.82, 2.24) is 4.90 Å². The number of hydrogen-bond acceptors (Lipinski definition) is 3. The molecule has 2 aromatic rings. The fourth-order valence-electron chi connectivity index (χ4n) is 5.04. The van der Waals surface area contributed by atoms with E-state index in [-0.39, 0.29) is 23.7 Å². The molecule has 5 heteroatoms. The van der Waals surface area contributed by atoms with Crippen LogP contribution in [0.3, 0.4) is 0 Å². The van der Waals surface area contributed by atoms with E-state index in [1.807, 2.05) is 35.2 Å². The van der Waals surface area contributed by atoms with Crippen LogP contribution in [0.25, 0.3) is 0 Å². The van der Waals surface area contributed by atoms with Crippen molar-refractivity contribution < 1.29 is 19.0 Å². The van der Waals surface area contributed by atoms with Crippen molar-refractivity contribution in [3.8, 4) is 5.75 Å². The van der Waals surface area contributed by atoms with E-state index in [4.69, 9.17) is 4.74 Å². The molecule has 1 saturated carbocycles. The summed E-state index contributed by atoms with van der Waals surface area (Å²) < 4.78 is 19.5. The Morgan fingerprint density at radius 3 is 2.68 bits per heavy atom. The SMILES string of the molecule is COc1ccc(F)cc1C1(O)CCN(C(=O)c2ccccc2)[C@H]2CCCC[C@@H]21. The fraction of sp³-hybridized carbons (Fsp3) is 0.435. The van der Waals surface area contributed by atoms with Gasteiger partial charge in [0, 0.05) is 29.6 Å². The van der Waals surface area contributed by atoms with E-state index in [0.717, 1.165) is 25.7 Å². The Bertz CT molecular complexity index is 856. The Morgan fingerprint density at radius 1 is 1.18 bits per heavy atom. The first kappa shape index (κ1) is 18.9. The predicted octanol–water partition coefficient (Wildman–Crippen LogP) is 4.13. The van der Waals surface area contributed by atoms with E-state index in [1.54, 1.807) is 6.07 Å². The van der Waals surface area contributed by atoms with Crippen LogP contribution in [0.5, 0.6) is 5.75 Å². The topological polar surface area (TPSA) is 49.8 Å². The molecule has 1 amide bonds. The fourth-order valence-corrected chi connectivity index (χ4v) is 5.04. The molecule has 0 aromatic heterocycles. The van der Waals surface area contributed by atoms with Crippen LogP contribution in [0.15, 0.2) is 48.5 Å². The van der Waals surface area contributed by atoms with Crippen LogP contribution in [0.2, 0.25) is 0 Å². The molecule has 1 saturated heterocycles. The average Bonchev–Trinajstić information content (AvgIpc) is 2.74. The molecule has 1 unspecified atom stereocenters. The number of benzene rings is 2. The van der Waals surface area contributed by atoms with E-state index in [1.165, 1.54) is 19.2 Å². The number of piperidine rings is 1. The van der Waals surface area contributed by atoms with Crippen molar-refractivity contribution >= 4 is 5.91 Å². The normalized spacial score (nSPS) is 27.2. The Labute approximate surface area is 164 Å². The first-order valence-electron chi connectivity index (χ1n) is 9.97. The highest BCUT2D eigenvalue weighted by Crippen LogP contribution is 2.49. The largest absolute Gasteiger partial charge is 0.496 e. The van der Waals surface area contributed by atoms with Crippen molar-refractivity contribution in [3.63, 3.8) is 0 Å². The van der Waals surface area contributed by atoms with Gasteiger partial charge in [0.2, 0.25) is 0 Å². The molecule has 0 spiro atoms. The Kier molecular flexibility index (Phi) is 5.11. The molecule has 0 bridgehead atoms. The number of amides is 1. The minimum Gasteiger partial charge on any atom is -0.496 e. The molecule has 0 radical (unpaired) electrons. The van der Waals surface area contributed by atoms with Gasteiger partial charge >= 0.3 is 0 Å². The van der Waals surface area contributed by atoms with Gasteiger partial charge in [-0.1, -0.05) is 31.0 Å². The summed E-state index contributed by atoms with van der Waals surface area (Å²) in [4.78, 5) is 15.1. The summed E-state index contributed by atoms with van der Waals surface area (Å²) in [6.07, 6.45) is 4.04. The van der Waals surface area contributed by atoms with Crippen LogP contribution in [-0.2, 0) is 5.60 Å². The zero-order valence-electron chi connectivity index (χ0n) is 16.1. The summed E-state index contributed by atoms with van der Waals surface area (Å²) in [5, 5.41) is 11.8. The van der Waals surface area contributed by atoms with Gasteiger partial charge in [0.25, 0.3) is 5.91 Å². The molecule has 4 rings (SSSR count). The number of nitrogens with zero attached hydrogens (tertiary/aromatic N) is 1. The number of hydrogen-bond donors (Lipinski definition) is 1. The number of aliphatic hydroxyl groups is 1. The van der Waals surface area contributed by atoms with Gasteiger partial charge in [-0.15, -0.1) is 0 Å². The third-order valence-electron chi connectivity index (χ3n) is 6.39. The van der Waals surface area contributed by atoms with Crippen LogP contribution < -0.4 is 4.74 Å². The summed E-state index contributed by atoms with van der Waals surface area (Å²) in [6.45, 7) is 0.436. The van der Waals surface area contributed by atoms with Gasteiger partial charge in [-0.2, -0.15) is 0 Å². The molecule has 2 aliphatic rings. The second kappa shape index (κ2) is 7.55. The van der Waals surface area contributed by atoms with Gasteiger partial charge in [0.05, 0.1) is 12.7 Å². The molecular weight excluding hydrogens is 357 g/mol. The number of likely N-dealkylation sites (tertiary alicyclic amines) is 1. The van der Waals surface area contributed by atoms with Crippen LogP contribution in [-0.4, -0.2) is 35.6 Å². The molecule has 1 N–H and O–H groups in total. The van der Waals surface area contributed by atoms with Crippen LogP contribution in [0.1, 0.15) is 48.0 Å². The maximum absolute atomic E-state index is 14.0. The number of rotatable bonds is 3. The van der Waals surface area contributed by atoms with Crippen molar-refractivity contribution in [2.45, 2.75) is 43.7 Å². The molecule has 3 atom stereocenters. The number of ether oxygens (including phenoxy) is 1. The molecule has 4 nitrogen and oxygen atoms in total. The van der Waals surface area contributed by atoms with Gasteiger partial charge in [0.15, 0.2) is 0 Å². The van der Waals surface area contributed by atoms with Gasteiger partial charge in [-0.05, 0) is 49.6 Å². The minimum absolute atomic E-state index is 0.00533. The minimum atomic E-state index is -1.20. The smallest absolute Gasteiger partial charge is 0.254 e. The summed E-state index contributed by atoms with van der Waals surface area (Å²) in [5.41, 5.74) is -0.0364. The Balaban J connectivity index is 1.71. The van der Waals surface area contributed by atoms with E-state index in [0.29, 0.717) is 29.8 Å². The van der Waals surface area contributed by atoms with Gasteiger partial charge in [-0.25, -0.2) is 4.39 Å². The number of halogens is 1. The van der Waals surface area contributed by atoms with Gasteiger partial charge in [-0.3, -0.25) is 4.79 Å². The lowest BCUT2D eigenvalue weighted by molar-refractivity contribution is -0.111. The molecule has 2 aromatic carbocycles. The van der Waals surface area contributed by atoms with E-state index < -0.39 is 5.60 Å². The summed E-state index contributed by atoms with van der Waals surface area (Å²) in [6, 6.07) is 13.5. The maximum Gasteiger partial charge on any atom is 0.254 e. The second-order valence-corrected chi connectivity index (χ2v) is 7.84. The van der Waals surface area contributed by atoms with Crippen molar-refractivity contribution in [3.05, 3.63) is 65.5 Å². The molecular formula is C23H26FNO3. The molecule has 28 heavy (non-hydrogen) atoms. The molecule has 2 fully saturated rings. The zero-order valence-corrected chi connectivity index (χ0v) is 16.1. The summed E-state index contributed by atoms with van der Waals surface area (Å²) in [5.74, 6) is -0.0282. The van der Waals surface area contributed by atoms with Crippen molar-refractivity contribution in [2.75, 3.05) is 13.7 Å². The zero-order chi connectivity index (χ0) is 19.7. The lowest BCUT2D eigenvalue weighted by Gasteiger charge is -2.52.